The number of nitrogens with one attached hydrogen (secondary N) is 3. The van der Waals surface area contributed by atoms with Gasteiger partial charge in [-0.1, -0.05) is 12.1 Å². The smallest absolute Gasteiger partial charge is 0.286 e. The van der Waals surface area contributed by atoms with Crippen molar-refractivity contribution in [2.24, 2.45) is 7.05 Å². The summed E-state index contributed by atoms with van der Waals surface area (Å²) in [5.74, 6) is -0.793. The molecular weight excluding hydrogens is 360 g/mol. The molecule has 118 valence electrons. The second-order valence-corrected chi connectivity index (χ2v) is 6.25. The van der Waals surface area contributed by atoms with Gasteiger partial charge in [-0.3, -0.25) is 20.4 Å². The van der Waals surface area contributed by atoms with Gasteiger partial charge in [0.05, 0.1) is 0 Å². The van der Waals surface area contributed by atoms with Crippen molar-refractivity contribution in [3.8, 4) is 0 Å². The van der Waals surface area contributed by atoms with Crippen molar-refractivity contribution in [3.05, 3.63) is 58.0 Å². The molecule has 0 aliphatic heterocycles. The van der Waals surface area contributed by atoms with Gasteiger partial charge < -0.3 is 9.55 Å². The van der Waals surface area contributed by atoms with Crippen LogP contribution in [0.15, 0.2) is 41.0 Å². The van der Waals surface area contributed by atoms with Gasteiger partial charge in [0.1, 0.15) is 11.4 Å². The molecule has 3 N–H and O–H groups in total. The van der Waals surface area contributed by atoms with Gasteiger partial charge in [0.25, 0.3) is 11.8 Å². The Morgan fingerprint density at radius 2 is 1.87 bits per heavy atom. The lowest BCUT2D eigenvalue weighted by molar-refractivity contribution is 0.0840. The Hall–Kier alpha value is -2.54. The molecule has 2 amide bonds. The molecule has 0 aliphatic carbocycles. The zero-order valence-corrected chi connectivity index (χ0v) is 14.2. The number of hydrazine groups is 1. The van der Waals surface area contributed by atoms with E-state index in [1.165, 1.54) is 0 Å². The molecular formula is C16H15BrN4O2. The van der Waals surface area contributed by atoms with E-state index in [9.17, 15) is 9.59 Å². The molecule has 0 aliphatic rings. The van der Waals surface area contributed by atoms with Gasteiger partial charge in [-0.15, -0.1) is 0 Å². The maximum Gasteiger partial charge on any atom is 0.286 e. The molecule has 0 spiro atoms. The van der Waals surface area contributed by atoms with E-state index in [4.69, 9.17) is 0 Å². The lowest BCUT2D eigenvalue weighted by Crippen LogP contribution is -2.42. The van der Waals surface area contributed by atoms with E-state index in [-0.39, 0.29) is 0 Å². The van der Waals surface area contributed by atoms with Crippen molar-refractivity contribution >= 4 is 38.6 Å². The van der Waals surface area contributed by atoms with Crippen LogP contribution >= 0.6 is 15.9 Å². The first kappa shape index (κ1) is 15.4. The third kappa shape index (κ3) is 3.14. The number of hydrogen-bond acceptors (Lipinski definition) is 2. The highest BCUT2D eigenvalue weighted by molar-refractivity contribution is 9.10. The van der Waals surface area contributed by atoms with Gasteiger partial charge in [0.2, 0.25) is 0 Å². The van der Waals surface area contributed by atoms with Gasteiger partial charge in [-0.25, -0.2) is 0 Å². The van der Waals surface area contributed by atoms with Crippen LogP contribution in [-0.4, -0.2) is 21.4 Å². The van der Waals surface area contributed by atoms with Crippen LogP contribution in [0.25, 0.3) is 10.9 Å². The minimum absolute atomic E-state index is 0.388. The van der Waals surface area contributed by atoms with E-state index >= 15 is 0 Å². The lowest BCUT2D eigenvalue weighted by atomic mass is 10.2. The molecule has 7 heteroatoms. The van der Waals surface area contributed by atoms with Crippen LogP contribution < -0.4 is 10.9 Å². The molecule has 2 heterocycles. The van der Waals surface area contributed by atoms with E-state index in [1.807, 2.05) is 25.1 Å². The van der Waals surface area contributed by atoms with Crippen LogP contribution in [0.5, 0.6) is 0 Å². The second kappa shape index (κ2) is 5.92. The van der Waals surface area contributed by atoms with Crippen molar-refractivity contribution in [2.75, 3.05) is 0 Å². The summed E-state index contributed by atoms with van der Waals surface area (Å²) >= 11 is 3.30. The largest absolute Gasteiger partial charge is 0.350 e. The summed E-state index contributed by atoms with van der Waals surface area (Å²) in [6.07, 6.45) is 1.76. The third-order valence-electron chi connectivity index (χ3n) is 3.52. The maximum absolute atomic E-state index is 12.2. The summed E-state index contributed by atoms with van der Waals surface area (Å²) in [5, 5.41) is 0.943. The fourth-order valence-corrected chi connectivity index (χ4v) is 2.88. The number of aromatic amines is 1. The predicted molar refractivity (Wildman–Crippen MR) is 91.1 cm³/mol. The highest BCUT2D eigenvalue weighted by Crippen LogP contribution is 2.17. The molecule has 3 rings (SSSR count). The molecule has 2 aromatic heterocycles. The fourth-order valence-electron chi connectivity index (χ4n) is 2.36. The Labute approximate surface area is 141 Å². The number of hydrogen-bond donors (Lipinski definition) is 3. The molecule has 0 saturated carbocycles. The summed E-state index contributed by atoms with van der Waals surface area (Å²) in [6, 6.07) is 9.31. The van der Waals surface area contributed by atoms with Crippen molar-refractivity contribution in [2.45, 2.75) is 6.92 Å². The number of benzene rings is 1. The summed E-state index contributed by atoms with van der Waals surface area (Å²) in [4.78, 5) is 27.2. The molecule has 23 heavy (non-hydrogen) atoms. The average molecular weight is 375 g/mol. The van der Waals surface area contributed by atoms with Crippen LogP contribution in [0.3, 0.4) is 0 Å². The van der Waals surface area contributed by atoms with Crippen molar-refractivity contribution < 1.29 is 9.59 Å². The molecule has 0 fully saturated rings. The number of carbonyl (C=O) groups excluding carboxylic acids is 2. The van der Waals surface area contributed by atoms with Crippen LogP contribution in [-0.2, 0) is 7.05 Å². The molecule has 0 bridgehead atoms. The zero-order chi connectivity index (χ0) is 16.6. The third-order valence-corrected chi connectivity index (χ3v) is 3.95. The van der Waals surface area contributed by atoms with E-state index in [0.29, 0.717) is 11.4 Å². The fraction of sp³-hybridized carbons (Fsp3) is 0.125. The molecule has 0 saturated heterocycles. The van der Waals surface area contributed by atoms with E-state index in [2.05, 4.69) is 31.8 Å². The molecule has 1 aromatic carbocycles. The molecule has 0 radical (unpaired) electrons. The summed E-state index contributed by atoms with van der Waals surface area (Å²) in [7, 11) is 1.75. The SMILES string of the molecule is Cc1ccc2cc(C(=O)NNC(=O)c3cc(Br)cn3C)[nH]c2c1. The highest BCUT2D eigenvalue weighted by atomic mass is 79.9. The van der Waals surface area contributed by atoms with Crippen molar-refractivity contribution in [1.29, 1.82) is 0 Å². The zero-order valence-electron chi connectivity index (χ0n) is 12.6. The van der Waals surface area contributed by atoms with Gasteiger partial charge in [0, 0.05) is 28.6 Å². The summed E-state index contributed by atoms with van der Waals surface area (Å²) < 4.78 is 2.46. The highest BCUT2D eigenvalue weighted by Gasteiger charge is 2.14. The summed E-state index contributed by atoms with van der Waals surface area (Å²) in [5.41, 5.74) is 7.63. The first-order valence-electron chi connectivity index (χ1n) is 6.96. The number of nitrogens with zero attached hydrogens (tertiary/aromatic N) is 1. The minimum atomic E-state index is -0.402. The Morgan fingerprint density at radius 1 is 1.13 bits per heavy atom. The minimum Gasteiger partial charge on any atom is -0.350 e. The van der Waals surface area contributed by atoms with Crippen LogP contribution in [0.2, 0.25) is 0 Å². The Balaban J connectivity index is 1.71. The average Bonchev–Trinajstić information content (AvgIpc) is 3.06. The number of halogens is 1. The quantitative estimate of drug-likeness (QED) is 0.602. The topological polar surface area (TPSA) is 78.9 Å². The van der Waals surface area contributed by atoms with Crippen LogP contribution in [0.4, 0.5) is 0 Å². The molecule has 3 aromatic rings. The van der Waals surface area contributed by atoms with Gasteiger partial charge in [-0.2, -0.15) is 0 Å². The van der Waals surface area contributed by atoms with Gasteiger partial charge in [0.15, 0.2) is 0 Å². The number of amides is 2. The Kier molecular flexibility index (Phi) is 3.96. The van der Waals surface area contributed by atoms with Gasteiger partial charge in [-0.05, 0) is 46.6 Å². The molecule has 0 atom stereocenters. The van der Waals surface area contributed by atoms with E-state index < -0.39 is 11.8 Å². The first-order chi connectivity index (χ1) is 10.9. The van der Waals surface area contributed by atoms with Crippen LogP contribution in [0.1, 0.15) is 26.5 Å². The number of carbonyl (C=O) groups is 2. The van der Waals surface area contributed by atoms with Crippen molar-refractivity contribution in [1.82, 2.24) is 20.4 Å². The maximum atomic E-state index is 12.2. The number of aryl methyl sites for hydroxylation is 2. The van der Waals surface area contributed by atoms with Gasteiger partial charge >= 0.3 is 0 Å². The first-order valence-corrected chi connectivity index (χ1v) is 7.75. The number of H-pyrrole nitrogens is 1. The molecule has 0 unspecified atom stereocenters. The van der Waals surface area contributed by atoms with Crippen LogP contribution in [0, 0.1) is 6.92 Å². The summed E-state index contributed by atoms with van der Waals surface area (Å²) in [6.45, 7) is 1.98. The number of rotatable bonds is 2. The van der Waals surface area contributed by atoms with Crippen molar-refractivity contribution in [3.63, 3.8) is 0 Å². The second-order valence-electron chi connectivity index (χ2n) is 5.34. The molecule has 6 nitrogen and oxygen atoms in total. The monoisotopic (exact) mass is 374 g/mol. The predicted octanol–water partition coefficient (Wildman–Crippen LogP) is 2.65. The standard InChI is InChI=1S/C16H15BrN4O2/c1-9-3-4-10-6-13(18-12(10)5-9)15(22)19-20-16(23)14-7-11(17)8-21(14)2/h3-8,18H,1-2H3,(H,19,22)(H,20,23). The van der Waals surface area contributed by atoms with E-state index in [0.717, 1.165) is 20.9 Å². The Bertz CT molecular complexity index is 910. The number of aromatic nitrogens is 2. The number of fused-ring (bicyclic) bond motifs is 1. The van der Waals surface area contributed by atoms with E-state index in [1.54, 1.807) is 29.9 Å². The lowest BCUT2D eigenvalue weighted by Gasteiger charge is -2.06. The normalized spacial score (nSPS) is 10.7. The Morgan fingerprint density at radius 3 is 2.57 bits per heavy atom.